The van der Waals surface area contributed by atoms with E-state index in [2.05, 4.69) is 35.8 Å². The zero-order valence-corrected chi connectivity index (χ0v) is 11.4. The first kappa shape index (κ1) is 11.9. The Balaban J connectivity index is 1.92. The molecule has 0 aromatic carbocycles. The Morgan fingerprint density at radius 1 is 1.44 bits per heavy atom. The normalized spacial score (nSPS) is 10.6. The Bertz CT molecular complexity index is 458. The molecule has 0 aliphatic rings. The second-order valence-electron chi connectivity index (χ2n) is 2.93. The summed E-state index contributed by atoms with van der Waals surface area (Å²) in [4.78, 5) is 1.12. The summed E-state index contributed by atoms with van der Waals surface area (Å²) in [5, 5.41) is 21.5. The highest BCUT2D eigenvalue weighted by Gasteiger charge is 2.06. The monoisotopic (exact) mass is 320 g/mol. The fraction of sp³-hybridized carbons (Fsp3) is 0.375. The summed E-state index contributed by atoms with van der Waals surface area (Å²) in [5.74, 6) is 0. The maximum Gasteiger partial charge on any atom is 0.205 e. The number of hydrogen-bond donors (Lipinski definition) is 2. The molecule has 0 saturated carbocycles. The van der Waals surface area contributed by atoms with E-state index >= 15 is 0 Å². The van der Waals surface area contributed by atoms with Crippen LogP contribution in [-0.2, 0) is 13.0 Å². The molecule has 0 spiro atoms. The van der Waals surface area contributed by atoms with Crippen LogP contribution in [0.2, 0.25) is 0 Å². The minimum absolute atomic E-state index is 0.106. The third-order valence-corrected chi connectivity index (χ3v) is 4.47. The van der Waals surface area contributed by atoms with Crippen LogP contribution in [0.15, 0.2) is 10.7 Å². The minimum atomic E-state index is 0.106. The molecular formula is C8H9BrN4OS2. The molecule has 0 amide bonds. The molecule has 5 nitrogen and oxygen atoms in total. The number of rotatable bonds is 5. The predicted octanol–water partition coefficient (Wildman–Crippen LogP) is 1.90. The Hall–Kier alpha value is -0.570. The van der Waals surface area contributed by atoms with Gasteiger partial charge in [0.15, 0.2) is 0 Å². The van der Waals surface area contributed by atoms with E-state index in [1.165, 1.54) is 22.9 Å². The number of anilines is 1. The summed E-state index contributed by atoms with van der Waals surface area (Å²) in [7, 11) is 0. The standard InChI is InChI=1S/C8H9BrN4OS2/c9-5-3-11-16-6(5)4-10-8-13-12-7(15-8)1-2-14/h3,14H,1-2,4H2,(H,10,13). The average Bonchev–Trinajstić information content (AvgIpc) is 2.86. The number of aliphatic hydroxyl groups excluding tert-OH is 1. The van der Waals surface area contributed by atoms with Crippen molar-refractivity contribution in [1.82, 2.24) is 14.6 Å². The minimum Gasteiger partial charge on any atom is -0.396 e. The molecule has 0 aliphatic heterocycles. The molecule has 2 heterocycles. The summed E-state index contributed by atoms with van der Waals surface area (Å²) in [5.41, 5.74) is 0. The number of nitrogens with zero attached hydrogens (tertiary/aromatic N) is 3. The van der Waals surface area contributed by atoms with Crippen LogP contribution in [0.25, 0.3) is 0 Å². The van der Waals surface area contributed by atoms with Crippen LogP contribution >= 0.6 is 38.8 Å². The summed E-state index contributed by atoms with van der Waals surface area (Å²) in [6.07, 6.45) is 2.34. The van der Waals surface area contributed by atoms with E-state index in [9.17, 15) is 0 Å². The van der Waals surface area contributed by atoms with Crippen LogP contribution in [0, 0.1) is 0 Å². The number of aliphatic hydroxyl groups is 1. The molecule has 2 N–H and O–H groups in total. The maximum atomic E-state index is 8.75. The summed E-state index contributed by atoms with van der Waals surface area (Å²) < 4.78 is 5.06. The van der Waals surface area contributed by atoms with Crippen molar-refractivity contribution in [2.24, 2.45) is 0 Å². The molecule has 0 aliphatic carbocycles. The topological polar surface area (TPSA) is 70.9 Å². The van der Waals surface area contributed by atoms with Crippen LogP contribution in [0.5, 0.6) is 0 Å². The fourth-order valence-electron chi connectivity index (χ4n) is 1.05. The number of halogens is 1. The van der Waals surface area contributed by atoms with Crippen molar-refractivity contribution in [2.75, 3.05) is 11.9 Å². The predicted molar refractivity (Wildman–Crippen MR) is 67.8 cm³/mol. The van der Waals surface area contributed by atoms with Gasteiger partial charge in [-0.3, -0.25) is 0 Å². The second-order valence-corrected chi connectivity index (χ2v) is 5.73. The largest absolute Gasteiger partial charge is 0.396 e. The number of nitrogens with one attached hydrogen (secondary N) is 1. The Labute approximate surface area is 109 Å². The van der Waals surface area contributed by atoms with Gasteiger partial charge >= 0.3 is 0 Å². The van der Waals surface area contributed by atoms with Crippen molar-refractivity contribution in [2.45, 2.75) is 13.0 Å². The van der Waals surface area contributed by atoms with E-state index in [0.29, 0.717) is 13.0 Å². The summed E-state index contributed by atoms with van der Waals surface area (Å²) in [6.45, 7) is 0.786. The highest BCUT2D eigenvalue weighted by Crippen LogP contribution is 2.22. The van der Waals surface area contributed by atoms with Gasteiger partial charge in [-0.2, -0.15) is 4.37 Å². The number of aromatic nitrogens is 3. The van der Waals surface area contributed by atoms with Gasteiger partial charge in [-0.1, -0.05) is 11.3 Å². The Morgan fingerprint density at radius 3 is 3.00 bits per heavy atom. The average molecular weight is 321 g/mol. The van der Waals surface area contributed by atoms with Crippen molar-refractivity contribution < 1.29 is 5.11 Å². The van der Waals surface area contributed by atoms with Gasteiger partial charge in [0.05, 0.1) is 22.1 Å². The van der Waals surface area contributed by atoms with Crippen molar-refractivity contribution in [3.63, 3.8) is 0 Å². The smallest absolute Gasteiger partial charge is 0.205 e. The van der Waals surface area contributed by atoms with E-state index in [-0.39, 0.29) is 6.61 Å². The summed E-state index contributed by atoms with van der Waals surface area (Å²) >= 11 is 6.32. The quantitative estimate of drug-likeness (QED) is 0.880. The van der Waals surface area contributed by atoms with Crippen molar-refractivity contribution in [3.8, 4) is 0 Å². The number of hydrogen-bond acceptors (Lipinski definition) is 7. The third kappa shape index (κ3) is 2.97. The Morgan fingerprint density at radius 2 is 2.31 bits per heavy atom. The zero-order chi connectivity index (χ0) is 11.4. The SMILES string of the molecule is OCCc1nnc(NCc2sncc2Br)s1. The van der Waals surface area contributed by atoms with E-state index in [1.54, 1.807) is 6.20 Å². The lowest BCUT2D eigenvalue weighted by molar-refractivity contribution is 0.299. The van der Waals surface area contributed by atoms with Gasteiger partial charge in [-0.15, -0.1) is 10.2 Å². The fourth-order valence-corrected chi connectivity index (χ4v) is 2.93. The van der Waals surface area contributed by atoms with E-state index in [0.717, 1.165) is 19.5 Å². The van der Waals surface area contributed by atoms with Crippen LogP contribution < -0.4 is 5.32 Å². The molecule has 0 bridgehead atoms. The van der Waals surface area contributed by atoms with E-state index < -0.39 is 0 Å². The van der Waals surface area contributed by atoms with Crippen LogP contribution in [0.1, 0.15) is 9.88 Å². The second kappa shape index (κ2) is 5.67. The van der Waals surface area contributed by atoms with Gasteiger partial charge in [0.2, 0.25) is 5.13 Å². The van der Waals surface area contributed by atoms with Crippen molar-refractivity contribution in [1.29, 1.82) is 0 Å². The third-order valence-electron chi connectivity index (χ3n) is 1.79. The molecular weight excluding hydrogens is 312 g/mol. The molecule has 0 unspecified atom stereocenters. The molecule has 0 fully saturated rings. The van der Waals surface area contributed by atoms with E-state index in [4.69, 9.17) is 5.11 Å². The lowest BCUT2D eigenvalue weighted by Crippen LogP contribution is -1.97. The van der Waals surface area contributed by atoms with E-state index in [1.807, 2.05) is 0 Å². The van der Waals surface area contributed by atoms with Gasteiger partial charge < -0.3 is 10.4 Å². The molecule has 0 atom stereocenters. The van der Waals surface area contributed by atoms with Gasteiger partial charge in [-0.25, -0.2) is 0 Å². The lowest BCUT2D eigenvalue weighted by atomic mass is 10.5. The Kier molecular flexibility index (Phi) is 4.22. The zero-order valence-electron chi connectivity index (χ0n) is 8.18. The molecule has 2 aromatic rings. The first-order valence-corrected chi connectivity index (χ1v) is 6.94. The van der Waals surface area contributed by atoms with Gasteiger partial charge in [0, 0.05) is 13.0 Å². The van der Waals surface area contributed by atoms with Crippen molar-refractivity contribution >= 4 is 43.9 Å². The van der Waals surface area contributed by atoms with Crippen LogP contribution in [-0.4, -0.2) is 26.3 Å². The van der Waals surface area contributed by atoms with Crippen molar-refractivity contribution in [3.05, 3.63) is 20.6 Å². The van der Waals surface area contributed by atoms with Gasteiger partial charge in [0.25, 0.3) is 0 Å². The summed E-state index contributed by atoms with van der Waals surface area (Å²) in [6, 6.07) is 0. The highest BCUT2D eigenvalue weighted by molar-refractivity contribution is 9.10. The van der Waals surface area contributed by atoms with Gasteiger partial charge in [-0.05, 0) is 27.5 Å². The first-order chi connectivity index (χ1) is 7.79. The molecule has 0 saturated heterocycles. The lowest BCUT2D eigenvalue weighted by Gasteiger charge is -1.98. The van der Waals surface area contributed by atoms with Gasteiger partial charge in [0.1, 0.15) is 5.01 Å². The molecule has 86 valence electrons. The molecule has 0 radical (unpaired) electrons. The van der Waals surface area contributed by atoms with Crippen LogP contribution in [0.3, 0.4) is 0 Å². The molecule has 16 heavy (non-hydrogen) atoms. The molecule has 8 heteroatoms. The maximum absolute atomic E-state index is 8.75. The highest BCUT2D eigenvalue weighted by atomic mass is 79.9. The van der Waals surface area contributed by atoms with Crippen LogP contribution in [0.4, 0.5) is 5.13 Å². The molecule has 2 aromatic heterocycles. The molecule has 2 rings (SSSR count). The first-order valence-electron chi connectivity index (χ1n) is 4.55.